The third-order valence-electron chi connectivity index (χ3n) is 6.27. The summed E-state index contributed by atoms with van der Waals surface area (Å²) in [4.78, 5) is 19.8. The van der Waals surface area contributed by atoms with E-state index >= 15 is 0 Å². The molecule has 0 saturated heterocycles. The van der Waals surface area contributed by atoms with Crippen LogP contribution in [-0.4, -0.2) is 36.4 Å². The molecule has 1 unspecified atom stereocenters. The fraction of sp³-hybridized carbons (Fsp3) is 0.556. The monoisotopic (exact) mass is 548 g/mol. The van der Waals surface area contributed by atoms with Gasteiger partial charge in [-0.25, -0.2) is 4.79 Å². The molecule has 0 bridgehead atoms. The zero-order chi connectivity index (χ0) is 25.7. The van der Waals surface area contributed by atoms with E-state index in [0.29, 0.717) is 13.2 Å². The molecule has 5 nitrogen and oxygen atoms in total. The highest BCUT2D eigenvalue weighted by Gasteiger charge is 2.37. The van der Waals surface area contributed by atoms with Gasteiger partial charge in [0, 0.05) is 11.0 Å². The summed E-state index contributed by atoms with van der Waals surface area (Å²) in [5, 5.41) is 0.137. The maximum atomic E-state index is 13.2. The molecule has 0 aliphatic heterocycles. The Morgan fingerprint density at radius 1 is 1.09 bits per heavy atom. The number of rotatable bonds is 8. The van der Waals surface area contributed by atoms with Crippen LogP contribution in [0.4, 0.5) is 4.79 Å². The summed E-state index contributed by atoms with van der Waals surface area (Å²) in [6, 6.07) is 13.9. The number of hydrogen-bond donors (Lipinski definition) is 0. The highest BCUT2D eigenvalue weighted by Crippen LogP contribution is 2.37. The van der Waals surface area contributed by atoms with Crippen LogP contribution < -0.4 is 0 Å². The van der Waals surface area contributed by atoms with Gasteiger partial charge in [-0.3, -0.25) is 9.88 Å². The van der Waals surface area contributed by atoms with E-state index in [9.17, 15) is 4.79 Å². The molecule has 0 fully saturated rings. The molecule has 1 aromatic heterocycles. The molecule has 34 heavy (non-hydrogen) atoms. The van der Waals surface area contributed by atoms with Crippen molar-refractivity contribution in [3.8, 4) is 0 Å². The molecular weight excluding hydrogens is 508 g/mol. The summed E-state index contributed by atoms with van der Waals surface area (Å²) >= 11 is 3.53. The van der Waals surface area contributed by atoms with Crippen LogP contribution in [0.3, 0.4) is 0 Å². The van der Waals surface area contributed by atoms with E-state index in [-0.39, 0.29) is 17.2 Å². The number of amides is 1. The van der Waals surface area contributed by atoms with E-state index in [2.05, 4.69) is 61.9 Å². The van der Waals surface area contributed by atoms with Gasteiger partial charge in [-0.2, -0.15) is 0 Å². The van der Waals surface area contributed by atoms with E-state index in [1.54, 1.807) is 4.90 Å². The summed E-state index contributed by atoms with van der Waals surface area (Å²) in [5.74, 6) is 0. The molecule has 1 heterocycles. The molecule has 2 aromatic rings. The van der Waals surface area contributed by atoms with Gasteiger partial charge in [-0.1, -0.05) is 54.9 Å². The van der Waals surface area contributed by atoms with Crippen LogP contribution in [0, 0.1) is 0 Å². The molecule has 2 rings (SSSR count). The number of halogens is 1. The molecule has 7 heteroatoms. The van der Waals surface area contributed by atoms with Crippen molar-refractivity contribution in [1.82, 2.24) is 9.88 Å². The number of nitrogens with zero attached hydrogens (tertiary/aromatic N) is 2. The standard InChI is InChI=1S/C27H41BrN2O3Si/c1-20(24-15-11-14-23(29-24)19-32-34(8,9)27(5,6)7)30(25(31)33-26(2,3)4)17-16-21-12-10-13-22(28)18-21/h10-15,18,20H,16-17,19H2,1-9H3. The van der Waals surface area contributed by atoms with Gasteiger partial charge in [0.25, 0.3) is 0 Å². The maximum Gasteiger partial charge on any atom is 0.410 e. The molecule has 0 spiro atoms. The number of ether oxygens (including phenoxy) is 1. The first-order chi connectivity index (χ1) is 15.6. The summed E-state index contributed by atoms with van der Waals surface area (Å²) in [5.41, 5.74) is 2.29. The Balaban J connectivity index is 2.23. The first-order valence-electron chi connectivity index (χ1n) is 11.9. The van der Waals surface area contributed by atoms with Crippen molar-refractivity contribution in [2.45, 2.75) is 91.3 Å². The van der Waals surface area contributed by atoms with Crippen molar-refractivity contribution in [3.63, 3.8) is 0 Å². The maximum absolute atomic E-state index is 13.2. The number of carbonyl (C=O) groups excluding carboxylic acids is 1. The van der Waals surface area contributed by atoms with Gasteiger partial charge in [0.1, 0.15) is 5.60 Å². The van der Waals surface area contributed by atoms with Crippen molar-refractivity contribution < 1.29 is 14.0 Å². The van der Waals surface area contributed by atoms with Crippen molar-refractivity contribution >= 4 is 30.3 Å². The fourth-order valence-electron chi connectivity index (χ4n) is 3.15. The number of carbonyl (C=O) groups is 1. The quantitative estimate of drug-likeness (QED) is 0.314. The van der Waals surface area contributed by atoms with E-state index in [0.717, 1.165) is 27.8 Å². The first-order valence-corrected chi connectivity index (χ1v) is 15.6. The van der Waals surface area contributed by atoms with Gasteiger partial charge < -0.3 is 9.16 Å². The normalized spacial score (nSPS) is 13.5. The van der Waals surface area contributed by atoms with E-state index in [1.165, 1.54) is 0 Å². The molecule has 1 amide bonds. The average molecular weight is 550 g/mol. The molecule has 1 aromatic carbocycles. The molecule has 0 saturated carbocycles. The van der Waals surface area contributed by atoms with Crippen LogP contribution in [0.25, 0.3) is 0 Å². The van der Waals surface area contributed by atoms with Gasteiger partial charge in [0.15, 0.2) is 8.32 Å². The number of aromatic nitrogens is 1. The third kappa shape index (κ3) is 8.50. The molecule has 1 atom stereocenters. The summed E-state index contributed by atoms with van der Waals surface area (Å²) in [6.45, 7) is 19.8. The zero-order valence-electron chi connectivity index (χ0n) is 22.2. The zero-order valence-corrected chi connectivity index (χ0v) is 24.8. The Kier molecular flexibility index (Phi) is 9.53. The second kappa shape index (κ2) is 11.4. The lowest BCUT2D eigenvalue weighted by molar-refractivity contribution is 0.0172. The largest absolute Gasteiger partial charge is 0.444 e. The van der Waals surface area contributed by atoms with E-state index in [4.69, 9.17) is 14.1 Å². The van der Waals surface area contributed by atoms with Crippen LogP contribution in [0.5, 0.6) is 0 Å². The Labute approximate surface area is 215 Å². The Bertz CT molecular complexity index is 967. The van der Waals surface area contributed by atoms with Crippen LogP contribution in [-0.2, 0) is 22.2 Å². The number of pyridine rings is 1. The van der Waals surface area contributed by atoms with Gasteiger partial charge in [-0.15, -0.1) is 0 Å². The average Bonchev–Trinajstić information content (AvgIpc) is 2.70. The Morgan fingerprint density at radius 2 is 1.74 bits per heavy atom. The van der Waals surface area contributed by atoms with E-state index in [1.807, 2.05) is 58.0 Å². The lowest BCUT2D eigenvalue weighted by Gasteiger charge is -2.36. The highest BCUT2D eigenvalue weighted by atomic mass is 79.9. The molecule has 188 valence electrons. The smallest absolute Gasteiger partial charge is 0.410 e. The minimum atomic E-state index is -1.88. The first kappa shape index (κ1) is 28.5. The molecular formula is C27H41BrN2O3Si. The molecule has 0 N–H and O–H groups in total. The Hall–Kier alpha value is -1.70. The van der Waals surface area contributed by atoms with Gasteiger partial charge >= 0.3 is 6.09 Å². The topological polar surface area (TPSA) is 51.7 Å². The van der Waals surface area contributed by atoms with Gasteiger partial charge in [0.2, 0.25) is 0 Å². The molecule has 0 aliphatic rings. The van der Waals surface area contributed by atoms with Crippen molar-refractivity contribution in [2.24, 2.45) is 0 Å². The van der Waals surface area contributed by atoms with E-state index < -0.39 is 13.9 Å². The fourth-order valence-corrected chi connectivity index (χ4v) is 4.54. The predicted molar refractivity (Wildman–Crippen MR) is 145 cm³/mol. The number of hydrogen-bond acceptors (Lipinski definition) is 4. The van der Waals surface area contributed by atoms with Crippen molar-refractivity contribution in [1.29, 1.82) is 0 Å². The minimum absolute atomic E-state index is 0.137. The summed E-state index contributed by atoms with van der Waals surface area (Å²) < 4.78 is 13.1. The van der Waals surface area contributed by atoms with Crippen LogP contribution >= 0.6 is 15.9 Å². The number of benzene rings is 1. The van der Waals surface area contributed by atoms with Crippen molar-refractivity contribution in [2.75, 3.05) is 6.54 Å². The predicted octanol–water partition coefficient (Wildman–Crippen LogP) is 7.91. The summed E-state index contributed by atoms with van der Waals surface area (Å²) in [7, 11) is -1.88. The second-order valence-electron chi connectivity index (χ2n) is 11.3. The second-order valence-corrected chi connectivity index (χ2v) is 17.1. The van der Waals surface area contributed by atoms with Gasteiger partial charge in [-0.05, 0) is 82.1 Å². The van der Waals surface area contributed by atoms with Gasteiger partial charge in [0.05, 0.1) is 24.0 Å². The molecule has 0 aliphatic carbocycles. The lowest BCUT2D eigenvalue weighted by atomic mass is 10.1. The highest BCUT2D eigenvalue weighted by molar-refractivity contribution is 9.10. The van der Waals surface area contributed by atoms with Crippen LogP contribution in [0.2, 0.25) is 18.1 Å². The van der Waals surface area contributed by atoms with Crippen molar-refractivity contribution in [3.05, 3.63) is 63.9 Å². The van der Waals surface area contributed by atoms with Crippen LogP contribution in [0.1, 0.15) is 71.5 Å². The summed E-state index contributed by atoms with van der Waals surface area (Å²) in [6.07, 6.45) is 0.386. The third-order valence-corrected chi connectivity index (χ3v) is 11.2. The lowest BCUT2D eigenvalue weighted by Crippen LogP contribution is -2.40. The molecule has 0 radical (unpaired) electrons. The van der Waals surface area contributed by atoms with Crippen LogP contribution in [0.15, 0.2) is 46.9 Å². The minimum Gasteiger partial charge on any atom is -0.444 e. The Morgan fingerprint density at radius 3 is 2.32 bits per heavy atom. The SMILES string of the molecule is CC(c1cccc(CO[Si](C)(C)C(C)(C)C)n1)N(CCc1cccc(Br)c1)C(=O)OC(C)(C)C.